The quantitative estimate of drug-likeness (QED) is 0.453. The van der Waals surface area contributed by atoms with Gasteiger partial charge in [0.1, 0.15) is 11.5 Å². The van der Waals surface area contributed by atoms with E-state index in [1.54, 1.807) is 0 Å². The maximum absolute atomic E-state index is 12.9. The summed E-state index contributed by atoms with van der Waals surface area (Å²) in [5, 5.41) is 6.91. The molecule has 0 spiro atoms. The summed E-state index contributed by atoms with van der Waals surface area (Å²) in [6.45, 7) is 3.45. The summed E-state index contributed by atoms with van der Waals surface area (Å²) in [5.41, 5.74) is 0.831. The number of hydrogen-bond donors (Lipinski definition) is 1. The number of halogens is 4. The van der Waals surface area contributed by atoms with Crippen molar-refractivity contribution in [2.75, 3.05) is 13.7 Å². The van der Waals surface area contributed by atoms with Crippen LogP contribution in [0.5, 0.6) is 11.5 Å². The molecule has 36 heavy (non-hydrogen) atoms. The fourth-order valence-electron chi connectivity index (χ4n) is 4.13. The summed E-state index contributed by atoms with van der Waals surface area (Å²) in [4.78, 5) is 12.9. The van der Waals surface area contributed by atoms with Crippen molar-refractivity contribution in [3.05, 3.63) is 28.9 Å². The molecule has 1 aliphatic rings. The molecular weight excluding hydrogens is 523 g/mol. The van der Waals surface area contributed by atoms with E-state index in [4.69, 9.17) is 21.1 Å². The Balaban J connectivity index is 1.78. The molecule has 200 valence electrons. The Morgan fingerprint density at radius 2 is 2.00 bits per heavy atom. The average Bonchev–Trinajstić information content (AvgIpc) is 3.18. The zero-order chi connectivity index (χ0) is 26.6. The van der Waals surface area contributed by atoms with Gasteiger partial charge < -0.3 is 19.3 Å². The first-order chi connectivity index (χ1) is 17.0. The van der Waals surface area contributed by atoms with Gasteiger partial charge in [0.2, 0.25) is 0 Å². The Bertz CT molecular complexity index is 1100. The normalized spacial score (nSPS) is 20.0. The molecule has 0 saturated heterocycles. The van der Waals surface area contributed by atoms with Gasteiger partial charge >= 0.3 is 6.18 Å². The monoisotopic (exact) mass is 550 g/mol. The first-order valence-electron chi connectivity index (χ1n) is 11.5. The summed E-state index contributed by atoms with van der Waals surface area (Å²) in [5.74, 6) is -0.140. The molecule has 2 unspecified atom stereocenters. The Labute approximate surface area is 214 Å². The third kappa shape index (κ3) is 6.51. The Morgan fingerprint density at radius 1 is 1.33 bits per heavy atom. The van der Waals surface area contributed by atoms with Gasteiger partial charge in [0.15, 0.2) is 11.8 Å². The highest BCUT2D eigenvalue weighted by atomic mass is 35.5. The Kier molecular flexibility index (Phi) is 9.28. The highest BCUT2D eigenvalue weighted by Crippen LogP contribution is 2.39. The van der Waals surface area contributed by atoms with Gasteiger partial charge in [-0.15, -0.1) is 0 Å². The number of aryl methyl sites for hydroxylation is 1. The second-order valence-electron chi connectivity index (χ2n) is 8.60. The Morgan fingerprint density at radius 3 is 2.56 bits per heavy atom. The van der Waals surface area contributed by atoms with E-state index < -0.39 is 29.3 Å². The van der Waals surface area contributed by atoms with Gasteiger partial charge in [-0.05, 0) is 57.6 Å². The van der Waals surface area contributed by atoms with Crippen LogP contribution in [0.4, 0.5) is 13.2 Å². The Hall–Kier alpha value is -2.31. The first kappa shape index (κ1) is 28.3. The van der Waals surface area contributed by atoms with Crippen LogP contribution < -0.4 is 14.8 Å². The van der Waals surface area contributed by atoms with Gasteiger partial charge in [0.05, 0.1) is 17.8 Å². The minimum atomic E-state index is -4.52. The van der Waals surface area contributed by atoms with E-state index in [9.17, 15) is 26.7 Å². The highest BCUT2D eigenvalue weighted by Gasteiger charge is 2.38. The number of nitrogens with one attached hydrogen (secondary N) is 1. The molecule has 1 fully saturated rings. The minimum absolute atomic E-state index is 0.0101. The van der Waals surface area contributed by atoms with Crippen molar-refractivity contribution < 1.29 is 36.2 Å². The standard InChI is InChI=1S/C23H29ClF3N3O5S/c1-4-30-21(17-10-7-15(11-18(17)34-3)35-13(2)23(25,26)27)19(24)20(29-30)22(31)28-12-14-5-8-16(9-6-14)36(32)33/h7,10-11,13-14,16H,4-6,8-9,12H2,1-3H3,(H,28,31)(H,32,33)/p-1. The maximum atomic E-state index is 12.9. The van der Waals surface area contributed by atoms with Gasteiger partial charge in [-0.3, -0.25) is 13.7 Å². The van der Waals surface area contributed by atoms with Crippen LogP contribution in [0.25, 0.3) is 11.3 Å². The van der Waals surface area contributed by atoms with Crippen LogP contribution in [0, 0.1) is 5.92 Å². The zero-order valence-electron chi connectivity index (χ0n) is 20.1. The second kappa shape index (κ2) is 11.8. The first-order valence-corrected chi connectivity index (χ1v) is 13.0. The second-order valence-corrected chi connectivity index (χ2v) is 10.2. The van der Waals surface area contributed by atoms with E-state index in [1.165, 1.54) is 30.0 Å². The van der Waals surface area contributed by atoms with Crippen molar-refractivity contribution in [1.82, 2.24) is 15.1 Å². The smallest absolute Gasteiger partial charge is 0.425 e. The number of alkyl halides is 3. The number of methoxy groups -OCH3 is 1. The van der Waals surface area contributed by atoms with Crippen LogP contribution in [-0.2, 0) is 17.6 Å². The van der Waals surface area contributed by atoms with Crippen molar-refractivity contribution in [2.45, 2.75) is 63.6 Å². The lowest BCUT2D eigenvalue weighted by Crippen LogP contribution is -2.33. The number of ether oxygens (including phenoxy) is 2. The van der Waals surface area contributed by atoms with E-state index >= 15 is 0 Å². The zero-order valence-corrected chi connectivity index (χ0v) is 21.6. The SMILES string of the molecule is CCn1nc(C(=O)NCC2CCC(S(=O)[O-])CC2)c(Cl)c1-c1ccc(OC(C)C(F)(F)F)cc1OC. The third-order valence-corrected chi connectivity index (χ3v) is 7.60. The molecule has 1 N–H and O–H groups in total. The molecule has 1 heterocycles. The van der Waals surface area contributed by atoms with Crippen LogP contribution in [-0.4, -0.2) is 55.6 Å². The minimum Gasteiger partial charge on any atom is -0.772 e. The van der Waals surface area contributed by atoms with Crippen molar-refractivity contribution >= 4 is 28.6 Å². The molecule has 3 rings (SSSR count). The van der Waals surface area contributed by atoms with Crippen molar-refractivity contribution in [3.63, 3.8) is 0 Å². The summed E-state index contributed by atoms with van der Waals surface area (Å²) in [6.07, 6.45) is -4.02. The van der Waals surface area contributed by atoms with E-state index in [2.05, 4.69) is 10.4 Å². The van der Waals surface area contributed by atoms with E-state index in [1.807, 2.05) is 6.92 Å². The van der Waals surface area contributed by atoms with E-state index in [-0.39, 0.29) is 33.4 Å². The van der Waals surface area contributed by atoms with Crippen LogP contribution in [0.3, 0.4) is 0 Å². The van der Waals surface area contributed by atoms with Crippen LogP contribution in [0.2, 0.25) is 5.02 Å². The number of carbonyl (C=O) groups excluding carboxylic acids is 1. The van der Waals surface area contributed by atoms with Gasteiger partial charge in [-0.1, -0.05) is 22.7 Å². The van der Waals surface area contributed by atoms with Gasteiger partial charge in [-0.2, -0.15) is 18.3 Å². The lowest BCUT2D eigenvalue weighted by molar-refractivity contribution is -0.189. The van der Waals surface area contributed by atoms with Gasteiger partial charge in [0.25, 0.3) is 5.91 Å². The van der Waals surface area contributed by atoms with Crippen molar-refractivity contribution in [1.29, 1.82) is 0 Å². The van der Waals surface area contributed by atoms with Gasteiger partial charge in [0, 0.05) is 30.0 Å². The number of benzene rings is 1. The average molecular weight is 551 g/mol. The van der Waals surface area contributed by atoms with E-state index in [0.717, 1.165) is 6.92 Å². The fourth-order valence-corrected chi connectivity index (χ4v) is 5.11. The van der Waals surface area contributed by atoms with E-state index in [0.29, 0.717) is 50.0 Å². The molecule has 8 nitrogen and oxygen atoms in total. The summed E-state index contributed by atoms with van der Waals surface area (Å²) in [7, 11) is 1.36. The van der Waals surface area contributed by atoms with Crippen molar-refractivity contribution in [2.24, 2.45) is 5.92 Å². The highest BCUT2D eigenvalue weighted by molar-refractivity contribution is 7.79. The molecule has 0 bridgehead atoms. The lowest BCUT2D eigenvalue weighted by atomic mass is 9.89. The molecule has 1 aromatic carbocycles. The number of nitrogens with zero attached hydrogens (tertiary/aromatic N) is 2. The molecule has 2 atom stereocenters. The van der Waals surface area contributed by atoms with Gasteiger partial charge in [-0.25, -0.2) is 0 Å². The number of amides is 1. The molecule has 1 aromatic heterocycles. The maximum Gasteiger partial charge on any atom is 0.425 e. The summed E-state index contributed by atoms with van der Waals surface area (Å²) < 4.78 is 72.8. The molecule has 1 amide bonds. The molecule has 1 saturated carbocycles. The number of carbonyl (C=O) groups is 1. The lowest BCUT2D eigenvalue weighted by Gasteiger charge is -2.29. The largest absolute Gasteiger partial charge is 0.772 e. The van der Waals surface area contributed by atoms with Crippen LogP contribution in [0.15, 0.2) is 18.2 Å². The number of hydrogen-bond acceptors (Lipinski definition) is 6. The predicted octanol–water partition coefficient (Wildman–Crippen LogP) is 4.73. The number of aromatic nitrogens is 2. The van der Waals surface area contributed by atoms with Crippen molar-refractivity contribution in [3.8, 4) is 22.8 Å². The summed E-state index contributed by atoms with van der Waals surface area (Å²) >= 11 is 4.50. The summed E-state index contributed by atoms with van der Waals surface area (Å²) in [6, 6.07) is 4.20. The molecule has 0 radical (unpaired) electrons. The predicted molar refractivity (Wildman–Crippen MR) is 128 cm³/mol. The molecule has 1 aliphatic carbocycles. The molecule has 0 aliphatic heterocycles. The topological polar surface area (TPSA) is 106 Å². The molecule has 2 aromatic rings. The molecular formula is C23H28ClF3N3O5S-. The number of rotatable bonds is 9. The molecule has 13 heteroatoms. The van der Waals surface area contributed by atoms with Crippen LogP contribution in [0.1, 0.15) is 50.0 Å². The fraction of sp³-hybridized carbons (Fsp3) is 0.565. The van der Waals surface area contributed by atoms with Crippen LogP contribution >= 0.6 is 11.6 Å². The third-order valence-electron chi connectivity index (χ3n) is 6.23.